The van der Waals surface area contributed by atoms with Crippen molar-refractivity contribution < 1.29 is 23.4 Å². The molecule has 0 spiro atoms. The molecular weight excluding hydrogens is 588 g/mol. The van der Waals surface area contributed by atoms with Crippen molar-refractivity contribution in [2.24, 2.45) is 17.3 Å². The first-order valence-corrected chi connectivity index (χ1v) is 25.7. The molecule has 0 aromatic heterocycles. The first kappa shape index (κ1) is 39.4. The van der Waals surface area contributed by atoms with Crippen molar-refractivity contribution in [2.75, 3.05) is 12.8 Å². The van der Waals surface area contributed by atoms with Crippen LogP contribution in [0.25, 0.3) is 0 Å². The van der Waals surface area contributed by atoms with Gasteiger partial charge in [0.2, 0.25) is 0 Å². The first-order chi connectivity index (χ1) is 19.6. The lowest BCUT2D eigenvalue weighted by atomic mass is 9.62. The third-order valence-electron chi connectivity index (χ3n) is 11.7. The number of aliphatic hydroxyl groups excluding tert-OH is 1. The monoisotopic (exact) mass is 658 g/mol. The third-order valence-corrected chi connectivity index (χ3v) is 21.9. The molecule has 5 nitrogen and oxygen atoms in total. The normalized spacial score (nSPS) is 27.3. The van der Waals surface area contributed by atoms with E-state index in [2.05, 4.69) is 86.8 Å². The lowest BCUT2D eigenvalue weighted by Crippen LogP contribution is -2.51. The summed E-state index contributed by atoms with van der Waals surface area (Å²) in [4.78, 5) is 9.64. The molecule has 2 rings (SSSR count). The van der Waals surface area contributed by atoms with Crippen LogP contribution < -0.4 is 0 Å². The molecule has 6 unspecified atom stereocenters. The van der Waals surface area contributed by atoms with E-state index in [4.69, 9.17) is 8.85 Å². The van der Waals surface area contributed by atoms with E-state index in [1.165, 1.54) is 38.8 Å². The van der Waals surface area contributed by atoms with Gasteiger partial charge in [-0.05, 0) is 92.5 Å². The Morgan fingerprint density at radius 1 is 0.977 bits per heavy atom. The SMILES string of the molecule is CCCC1(C(CC=CC2C(O)CC(O[Si](C)(C)C(C)(C)C)C2CCCCCCP(C)(=O)O)O[Si](C)(C)C(C)(C)C)CCC1. The average Bonchev–Trinajstić information content (AvgIpc) is 3.08. The second-order valence-corrected chi connectivity index (χ2v) is 29.5. The van der Waals surface area contributed by atoms with Gasteiger partial charge in [-0.1, -0.05) is 92.7 Å². The van der Waals surface area contributed by atoms with Gasteiger partial charge < -0.3 is 18.9 Å². The largest absolute Gasteiger partial charge is 0.414 e. The molecule has 2 N–H and O–H groups in total. The van der Waals surface area contributed by atoms with E-state index in [1.54, 1.807) is 0 Å². The van der Waals surface area contributed by atoms with Gasteiger partial charge in [0.1, 0.15) is 0 Å². The molecule has 0 bridgehead atoms. The zero-order valence-electron chi connectivity index (χ0n) is 30.3. The highest BCUT2D eigenvalue weighted by Crippen LogP contribution is 2.52. The van der Waals surface area contributed by atoms with E-state index in [0.717, 1.165) is 38.5 Å². The summed E-state index contributed by atoms with van der Waals surface area (Å²) in [6, 6.07) is 0. The van der Waals surface area contributed by atoms with Gasteiger partial charge in [-0.2, -0.15) is 0 Å². The lowest BCUT2D eigenvalue weighted by molar-refractivity contribution is -0.0314. The van der Waals surface area contributed by atoms with Gasteiger partial charge in [-0.3, -0.25) is 4.57 Å². The Bertz CT molecular complexity index is 925. The molecule has 0 aromatic rings. The van der Waals surface area contributed by atoms with Gasteiger partial charge in [-0.15, -0.1) is 0 Å². The van der Waals surface area contributed by atoms with Crippen molar-refractivity contribution in [2.45, 2.75) is 180 Å². The summed E-state index contributed by atoms with van der Waals surface area (Å²) >= 11 is 0. The summed E-state index contributed by atoms with van der Waals surface area (Å²) in [6.07, 6.45) is 17.9. The van der Waals surface area contributed by atoms with Crippen LogP contribution in [0.1, 0.15) is 126 Å². The molecule has 2 aliphatic rings. The van der Waals surface area contributed by atoms with Crippen LogP contribution in [0, 0.1) is 17.3 Å². The second kappa shape index (κ2) is 15.4. The van der Waals surface area contributed by atoms with E-state index in [1.807, 2.05) is 0 Å². The van der Waals surface area contributed by atoms with Gasteiger partial charge in [-0.25, -0.2) is 0 Å². The van der Waals surface area contributed by atoms with Crippen LogP contribution >= 0.6 is 7.37 Å². The minimum Gasteiger partial charge on any atom is -0.414 e. The summed E-state index contributed by atoms with van der Waals surface area (Å²) in [7, 11) is -6.84. The van der Waals surface area contributed by atoms with Crippen LogP contribution in [0.4, 0.5) is 0 Å². The van der Waals surface area contributed by atoms with Crippen LogP contribution in [0.3, 0.4) is 0 Å². The maximum atomic E-state index is 11.7. The molecule has 6 atom stereocenters. The fourth-order valence-electron chi connectivity index (χ4n) is 6.76. The van der Waals surface area contributed by atoms with Crippen LogP contribution in [0.2, 0.25) is 36.3 Å². The number of hydrogen-bond acceptors (Lipinski definition) is 4. The molecule has 2 saturated carbocycles. The van der Waals surface area contributed by atoms with Crippen LogP contribution in [-0.2, 0) is 13.4 Å². The standard InChI is InChI=1S/C35H71O5PSi2/c1-13-23-35(24-19-25-35)32(40-43(11,12)34(5,6)7)22-18-21-28-29(20-16-14-15-17-26-41(8,37)38)31(27-30(28)36)39-42(9,10)33(2,3)4/h18,21,28-32,36H,13-17,19-20,22-27H2,1-12H3,(H,37,38). The van der Waals surface area contributed by atoms with E-state index in [-0.39, 0.29) is 34.3 Å². The molecule has 0 amide bonds. The lowest BCUT2D eigenvalue weighted by Gasteiger charge is -2.51. The van der Waals surface area contributed by atoms with E-state index in [9.17, 15) is 14.6 Å². The Morgan fingerprint density at radius 2 is 1.56 bits per heavy atom. The maximum Gasteiger partial charge on any atom is 0.197 e. The number of rotatable bonds is 17. The zero-order chi connectivity index (χ0) is 32.9. The van der Waals surface area contributed by atoms with E-state index >= 15 is 0 Å². The maximum absolute atomic E-state index is 11.7. The van der Waals surface area contributed by atoms with Crippen LogP contribution in [-0.4, -0.2) is 57.8 Å². The van der Waals surface area contributed by atoms with Crippen LogP contribution in [0.15, 0.2) is 12.2 Å². The predicted octanol–water partition coefficient (Wildman–Crippen LogP) is 10.5. The average molecular weight is 659 g/mol. The summed E-state index contributed by atoms with van der Waals surface area (Å²) in [5.41, 5.74) is 0.299. The molecule has 2 aliphatic carbocycles. The Morgan fingerprint density at radius 3 is 2.05 bits per heavy atom. The summed E-state index contributed by atoms with van der Waals surface area (Å²) in [5.74, 6) is 0.392. The fourth-order valence-corrected chi connectivity index (χ4v) is 10.4. The molecule has 0 aliphatic heterocycles. The Labute approximate surface area is 269 Å². The highest BCUT2D eigenvalue weighted by molar-refractivity contribution is 7.57. The molecule has 8 heteroatoms. The molecule has 0 saturated heterocycles. The second-order valence-electron chi connectivity index (χ2n) is 17.4. The molecular formula is C35H71O5PSi2. The first-order valence-electron chi connectivity index (χ1n) is 17.5. The highest BCUT2D eigenvalue weighted by Gasteiger charge is 2.49. The smallest absolute Gasteiger partial charge is 0.197 e. The molecule has 0 radical (unpaired) electrons. The molecule has 0 aromatic carbocycles. The van der Waals surface area contributed by atoms with Crippen LogP contribution in [0.5, 0.6) is 0 Å². The molecule has 2 fully saturated rings. The van der Waals surface area contributed by atoms with E-state index < -0.39 is 24.0 Å². The third kappa shape index (κ3) is 11.2. The molecule has 0 heterocycles. The van der Waals surface area contributed by atoms with Crippen molar-refractivity contribution >= 4 is 24.0 Å². The summed E-state index contributed by atoms with van der Waals surface area (Å²) < 4.78 is 25.9. The number of unbranched alkanes of at least 4 members (excludes halogenated alkanes) is 3. The van der Waals surface area contributed by atoms with Gasteiger partial charge in [0.25, 0.3) is 0 Å². The van der Waals surface area contributed by atoms with Crippen molar-refractivity contribution in [1.82, 2.24) is 0 Å². The molecule has 43 heavy (non-hydrogen) atoms. The van der Waals surface area contributed by atoms with Crippen molar-refractivity contribution in [3.05, 3.63) is 12.2 Å². The van der Waals surface area contributed by atoms with Gasteiger partial charge >= 0.3 is 0 Å². The molecule has 254 valence electrons. The Balaban J connectivity index is 2.23. The topological polar surface area (TPSA) is 76.0 Å². The van der Waals surface area contributed by atoms with Crippen molar-refractivity contribution in [3.8, 4) is 0 Å². The van der Waals surface area contributed by atoms with E-state index in [0.29, 0.717) is 23.9 Å². The summed E-state index contributed by atoms with van der Waals surface area (Å²) in [5, 5.41) is 11.7. The minimum absolute atomic E-state index is 0.0798. The zero-order valence-corrected chi connectivity index (χ0v) is 33.2. The van der Waals surface area contributed by atoms with Crippen molar-refractivity contribution in [3.63, 3.8) is 0 Å². The minimum atomic E-state index is -2.93. The van der Waals surface area contributed by atoms with Gasteiger partial charge in [0.15, 0.2) is 24.0 Å². The Hall–Kier alpha value is 0.244. The highest BCUT2D eigenvalue weighted by atomic mass is 31.2. The predicted molar refractivity (Wildman–Crippen MR) is 190 cm³/mol. The quantitative estimate of drug-likeness (QED) is 0.0704. The van der Waals surface area contributed by atoms with Gasteiger partial charge in [0.05, 0.1) is 18.3 Å². The Kier molecular flexibility index (Phi) is 14.1. The van der Waals surface area contributed by atoms with Gasteiger partial charge in [0, 0.05) is 18.7 Å². The van der Waals surface area contributed by atoms with Crippen molar-refractivity contribution in [1.29, 1.82) is 0 Å². The number of hydrogen-bond donors (Lipinski definition) is 2. The fraction of sp³-hybridized carbons (Fsp3) is 0.943. The number of aliphatic hydroxyl groups is 1. The summed E-state index contributed by atoms with van der Waals surface area (Å²) in [6.45, 7) is 27.1.